The van der Waals surface area contributed by atoms with Crippen molar-refractivity contribution in [2.75, 3.05) is 44.6 Å². The SMILES string of the molecule is O=C(CN1CCN(C(=O)CCCNC(=O)c2ccsc2)CC1)Nc1ccccc1. The largest absolute Gasteiger partial charge is 0.352 e. The van der Waals surface area contributed by atoms with Crippen molar-refractivity contribution in [3.05, 3.63) is 52.7 Å². The van der Waals surface area contributed by atoms with Crippen LogP contribution in [0.1, 0.15) is 23.2 Å². The number of anilines is 1. The van der Waals surface area contributed by atoms with Gasteiger partial charge in [0.2, 0.25) is 11.8 Å². The Morgan fingerprint density at radius 1 is 1.00 bits per heavy atom. The van der Waals surface area contributed by atoms with Crippen LogP contribution in [0.15, 0.2) is 47.2 Å². The van der Waals surface area contributed by atoms with Gasteiger partial charge in [0.1, 0.15) is 0 Å². The molecule has 1 aromatic heterocycles. The predicted octanol–water partition coefficient (Wildman–Crippen LogP) is 2.04. The van der Waals surface area contributed by atoms with Crippen molar-refractivity contribution < 1.29 is 14.4 Å². The minimum absolute atomic E-state index is 0.0441. The van der Waals surface area contributed by atoms with E-state index in [2.05, 4.69) is 15.5 Å². The van der Waals surface area contributed by atoms with E-state index in [0.717, 1.165) is 5.69 Å². The summed E-state index contributed by atoms with van der Waals surface area (Å²) in [5.74, 6) is -0.0402. The second-order valence-electron chi connectivity index (χ2n) is 6.94. The van der Waals surface area contributed by atoms with Crippen LogP contribution in [-0.4, -0.2) is 66.8 Å². The van der Waals surface area contributed by atoms with Gasteiger partial charge >= 0.3 is 0 Å². The fourth-order valence-corrected chi connectivity index (χ4v) is 3.81. The van der Waals surface area contributed by atoms with Crippen molar-refractivity contribution in [3.8, 4) is 0 Å². The summed E-state index contributed by atoms with van der Waals surface area (Å²) in [4.78, 5) is 40.3. The van der Waals surface area contributed by atoms with Gasteiger partial charge in [-0.05, 0) is 30.0 Å². The van der Waals surface area contributed by atoms with Crippen LogP contribution in [0, 0.1) is 0 Å². The summed E-state index contributed by atoms with van der Waals surface area (Å²) in [5, 5.41) is 9.39. The number of nitrogens with one attached hydrogen (secondary N) is 2. The zero-order valence-corrected chi connectivity index (χ0v) is 17.1. The van der Waals surface area contributed by atoms with E-state index < -0.39 is 0 Å². The van der Waals surface area contributed by atoms with Crippen LogP contribution in [0.4, 0.5) is 5.69 Å². The Morgan fingerprint density at radius 3 is 2.45 bits per heavy atom. The monoisotopic (exact) mass is 414 g/mol. The number of nitrogens with zero attached hydrogens (tertiary/aromatic N) is 2. The summed E-state index contributed by atoms with van der Waals surface area (Å²) < 4.78 is 0. The molecule has 8 heteroatoms. The van der Waals surface area contributed by atoms with E-state index >= 15 is 0 Å². The molecule has 1 aromatic carbocycles. The van der Waals surface area contributed by atoms with Crippen LogP contribution in [0.3, 0.4) is 0 Å². The highest BCUT2D eigenvalue weighted by Gasteiger charge is 2.22. The molecule has 29 heavy (non-hydrogen) atoms. The lowest BCUT2D eigenvalue weighted by atomic mass is 10.2. The van der Waals surface area contributed by atoms with Crippen LogP contribution in [-0.2, 0) is 9.59 Å². The van der Waals surface area contributed by atoms with Gasteiger partial charge in [-0.2, -0.15) is 11.3 Å². The summed E-state index contributed by atoms with van der Waals surface area (Å²) >= 11 is 1.48. The van der Waals surface area contributed by atoms with Gasteiger partial charge in [0.15, 0.2) is 0 Å². The first-order valence-corrected chi connectivity index (χ1v) is 10.7. The highest BCUT2D eigenvalue weighted by atomic mass is 32.1. The molecule has 2 N–H and O–H groups in total. The Morgan fingerprint density at radius 2 is 1.76 bits per heavy atom. The van der Waals surface area contributed by atoms with Gasteiger partial charge in [0.25, 0.3) is 5.91 Å². The molecular weight excluding hydrogens is 388 g/mol. The highest BCUT2D eigenvalue weighted by Crippen LogP contribution is 2.08. The van der Waals surface area contributed by atoms with Gasteiger partial charge in [0.05, 0.1) is 6.54 Å². The van der Waals surface area contributed by atoms with Crippen LogP contribution in [0.25, 0.3) is 0 Å². The maximum absolute atomic E-state index is 12.4. The van der Waals surface area contributed by atoms with Crippen LogP contribution in [0.5, 0.6) is 0 Å². The van der Waals surface area contributed by atoms with Gasteiger partial charge in [-0.15, -0.1) is 0 Å². The normalized spacial score (nSPS) is 14.4. The molecule has 3 rings (SSSR count). The first-order chi connectivity index (χ1) is 14.1. The maximum atomic E-state index is 12.4. The quantitative estimate of drug-likeness (QED) is 0.648. The predicted molar refractivity (Wildman–Crippen MR) is 114 cm³/mol. The molecule has 0 spiro atoms. The zero-order valence-electron chi connectivity index (χ0n) is 16.3. The molecule has 1 aliphatic heterocycles. The number of carbonyl (C=O) groups is 3. The van der Waals surface area contributed by atoms with Crippen LogP contribution < -0.4 is 10.6 Å². The molecule has 0 bridgehead atoms. The molecule has 0 aliphatic carbocycles. The lowest BCUT2D eigenvalue weighted by Gasteiger charge is -2.34. The number of piperazine rings is 1. The van der Waals surface area contributed by atoms with E-state index in [1.807, 2.05) is 40.6 Å². The Hall–Kier alpha value is -2.71. The molecule has 1 aliphatic rings. The third kappa shape index (κ3) is 6.69. The molecule has 154 valence electrons. The summed E-state index contributed by atoms with van der Waals surface area (Å²) in [7, 11) is 0. The van der Waals surface area contributed by atoms with Crippen LogP contribution >= 0.6 is 11.3 Å². The van der Waals surface area contributed by atoms with Crippen molar-refractivity contribution in [1.29, 1.82) is 0 Å². The van der Waals surface area contributed by atoms with E-state index in [1.54, 1.807) is 11.4 Å². The molecule has 1 saturated heterocycles. The topological polar surface area (TPSA) is 81.8 Å². The molecule has 1 fully saturated rings. The second kappa shape index (κ2) is 10.7. The zero-order chi connectivity index (χ0) is 20.5. The lowest BCUT2D eigenvalue weighted by Crippen LogP contribution is -2.50. The average Bonchev–Trinajstić information content (AvgIpc) is 3.27. The standard InChI is InChI=1S/C21H26N4O3S/c26-19(23-18-5-2-1-3-6-18)15-24-10-12-25(13-11-24)20(27)7-4-9-22-21(28)17-8-14-29-16-17/h1-3,5-6,8,14,16H,4,7,9-13,15H2,(H,22,28)(H,23,26). The van der Waals surface area contributed by atoms with Crippen molar-refractivity contribution in [3.63, 3.8) is 0 Å². The third-order valence-corrected chi connectivity index (χ3v) is 5.47. The number of para-hydroxylation sites is 1. The molecule has 0 unspecified atom stereocenters. The number of carbonyl (C=O) groups excluding carboxylic acids is 3. The number of rotatable bonds is 8. The van der Waals surface area contributed by atoms with Gasteiger partial charge in [-0.1, -0.05) is 18.2 Å². The number of thiophene rings is 1. The minimum atomic E-state index is -0.0962. The van der Waals surface area contributed by atoms with Crippen molar-refractivity contribution in [1.82, 2.24) is 15.1 Å². The molecule has 7 nitrogen and oxygen atoms in total. The van der Waals surface area contributed by atoms with E-state index in [-0.39, 0.29) is 17.7 Å². The van der Waals surface area contributed by atoms with Crippen molar-refractivity contribution in [2.45, 2.75) is 12.8 Å². The smallest absolute Gasteiger partial charge is 0.252 e. The van der Waals surface area contributed by atoms with E-state index in [0.29, 0.717) is 57.7 Å². The number of hydrogen-bond acceptors (Lipinski definition) is 5. The van der Waals surface area contributed by atoms with Crippen LogP contribution in [0.2, 0.25) is 0 Å². The Kier molecular flexibility index (Phi) is 7.77. The number of amides is 3. The van der Waals surface area contributed by atoms with Crippen molar-refractivity contribution in [2.24, 2.45) is 0 Å². The summed E-state index contributed by atoms with van der Waals surface area (Å²) in [6, 6.07) is 11.2. The molecule has 3 amide bonds. The Balaban J connectivity index is 1.30. The molecule has 0 radical (unpaired) electrons. The molecule has 2 aromatic rings. The minimum Gasteiger partial charge on any atom is -0.352 e. The molecule has 2 heterocycles. The van der Waals surface area contributed by atoms with Gasteiger partial charge < -0.3 is 15.5 Å². The van der Waals surface area contributed by atoms with E-state index in [9.17, 15) is 14.4 Å². The van der Waals surface area contributed by atoms with Gasteiger partial charge in [-0.25, -0.2) is 0 Å². The second-order valence-corrected chi connectivity index (χ2v) is 7.72. The summed E-state index contributed by atoms with van der Waals surface area (Å²) in [5.41, 5.74) is 1.45. The molecular formula is C21H26N4O3S. The first kappa shape index (κ1) is 21.0. The van der Waals surface area contributed by atoms with E-state index in [4.69, 9.17) is 0 Å². The van der Waals surface area contributed by atoms with Crippen molar-refractivity contribution >= 4 is 34.7 Å². The fraction of sp³-hybridized carbons (Fsp3) is 0.381. The summed E-state index contributed by atoms with van der Waals surface area (Å²) in [6.07, 6.45) is 1.03. The Labute approximate surface area is 174 Å². The number of benzene rings is 1. The van der Waals surface area contributed by atoms with Gasteiger partial charge in [-0.3, -0.25) is 19.3 Å². The molecule has 0 saturated carbocycles. The third-order valence-electron chi connectivity index (χ3n) is 4.79. The first-order valence-electron chi connectivity index (χ1n) is 9.77. The highest BCUT2D eigenvalue weighted by molar-refractivity contribution is 7.08. The average molecular weight is 415 g/mol. The fourth-order valence-electron chi connectivity index (χ4n) is 3.18. The lowest BCUT2D eigenvalue weighted by molar-refractivity contribution is -0.133. The van der Waals surface area contributed by atoms with E-state index in [1.165, 1.54) is 11.3 Å². The Bertz CT molecular complexity index is 803. The molecule has 0 atom stereocenters. The van der Waals surface area contributed by atoms with Gasteiger partial charge in [0, 0.05) is 55.8 Å². The summed E-state index contributed by atoms with van der Waals surface area (Å²) in [6.45, 7) is 3.43. The maximum Gasteiger partial charge on any atom is 0.252 e. The number of hydrogen-bond donors (Lipinski definition) is 2.